The van der Waals surface area contributed by atoms with E-state index in [0.29, 0.717) is 6.61 Å². The van der Waals surface area contributed by atoms with Crippen molar-refractivity contribution in [2.24, 2.45) is 0 Å². The zero-order chi connectivity index (χ0) is 14.5. The maximum atomic E-state index is 10.5. The first-order valence-corrected chi connectivity index (χ1v) is 7.47. The van der Waals surface area contributed by atoms with E-state index in [2.05, 4.69) is 23.5 Å². The first-order valence-electron chi connectivity index (χ1n) is 7.47. The minimum atomic E-state index is -0.713. The highest BCUT2D eigenvalue weighted by molar-refractivity contribution is 5.70. The average molecular weight is 283 g/mol. The Balaban J connectivity index is 1.77. The smallest absolute Gasteiger partial charge is 0.127 e. The van der Waals surface area contributed by atoms with E-state index in [1.807, 2.05) is 36.4 Å². The standard InChI is InChI=1S/C18H21NO2/c20-18(10-12-19-13-11-18)14-21-17-9-5-4-8-16(17)15-6-2-1-3-7-15/h1-9,19-20H,10-14H2. The second-order valence-electron chi connectivity index (χ2n) is 5.63. The molecule has 1 fully saturated rings. The molecular weight excluding hydrogens is 262 g/mol. The van der Waals surface area contributed by atoms with Crippen molar-refractivity contribution in [1.82, 2.24) is 5.32 Å². The molecule has 110 valence electrons. The molecular formula is C18H21NO2. The molecule has 1 saturated heterocycles. The van der Waals surface area contributed by atoms with Gasteiger partial charge in [-0.1, -0.05) is 48.5 Å². The molecule has 1 aliphatic heterocycles. The molecule has 0 atom stereocenters. The second-order valence-corrected chi connectivity index (χ2v) is 5.63. The molecule has 0 radical (unpaired) electrons. The fourth-order valence-electron chi connectivity index (χ4n) is 2.70. The molecule has 0 aliphatic carbocycles. The molecule has 0 aromatic heterocycles. The third-order valence-corrected chi connectivity index (χ3v) is 4.00. The molecule has 3 heteroatoms. The third-order valence-electron chi connectivity index (χ3n) is 4.00. The summed E-state index contributed by atoms with van der Waals surface area (Å²) in [5.41, 5.74) is 1.48. The zero-order valence-electron chi connectivity index (χ0n) is 12.1. The van der Waals surface area contributed by atoms with Crippen molar-refractivity contribution < 1.29 is 9.84 Å². The number of nitrogens with one attached hydrogen (secondary N) is 1. The van der Waals surface area contributed by atoms with Gasteiger partial charge in [-0.25, -0.2) is 0 Å². The third kappa shape index (κ3) is 3.43. The van der Waals surface area contributed by atoms with Gasteiger partial charge in [0.15, 0.2) is 0 Å². The van der Waals surface area contributed by atoms with E-state index in [-0.39, 0.29) is 0 Å². The molecule has 1 aliphatic rings. The Labute approximate surface area is 125 Å². The van der Waals surface area contributed by atoms with Crippen LogP contribution in [0.5, 0.6) is 5.75 Å². The van der Waals surface area contributed by atoms with Crippen LogP contribution < -0.4 is 10.1 Å². The fourth-order valence-corrected chi connectivity index (χ4v) is 2.70. The summed E-state index contributed by atoms with van der Waals surface area (Å²) in [5.74, 6) is 0.829. The number of benzene rings is 2. The Morgan fingerprint density at radius 1 is 0.952 bits per heavy atom. The van der Waals surface area contributed by atoms with Gasteiger partial charge < -0.3 is 15.2 Å². The largest absolute Gasteiger partial charge is 0.490 e. The topological polar surface area (TPSA) is 41.5 Å². The summed E-state index contributed by atoms with van der Waals surface area (Å²) < 4.78 is 5.96. The number of ether oxygens (including phenoxy) is 1. The van der Waals surface area contributed by atoms with Crippen molar-refractivity contribution in [3.63, 3.8) is 0 Å². The van der Waals surface area contributed by atoms with Crippen molar-refractivity contribution in [3.05, 3.63) is 54.6 Å². The minimum Gasteiger partial charge on any atom is -0.490 e. The van der Waals surface area contributed by atoms with Gasteiger partial charge in [0.2, 0.25) is 0 Å². The number of para-hydroxylation sites is 1. The predicted molar refractivity (Wildman–Crippen MR) is 84.4 cm³/mol. The van der Waals surface area contributed by atoms with E-state index in [1.54, 1.807) is 0 Å². The van der Waals surface area contributed by atoms with Gasteiger partial charge in [-0.2, -0.15) is 0 Å². The van der Waals surface area contributed by atoms with Crippen LogP contribution in [0.1, 0.15) is 12.8 Å². The van der Waals surface area contributed by atoms with Gasteiger partial charge in [0.1, 0.15) is 18.0 Å². The van der Waals surface area contributed by atoms with Crippen LogP contribution in [0.25, 0.3) is 11.1 Å². The van der Waals surface area contributed by atoms with Crippen LogP contribution in [0.3, 0.4) is 0 Å². The highest BCUT2D eigenvalue weighted by Gasteiger charge is 2.30. The molecule has 0 spiro atoms. The van der Waals surface area contributed by atoms with E-state index >= 15 is 0 Å². The minimum absolute atomic E-state index is 0.346. The Morgan fingerprint density at radius 3 is 2.38 bits per heavy atom. The number of hydrogen-bond acceptors (Lipinski definition) is 3. The van der Waals surface area contributed by atoms with E-state index in [4.69, 9.17) is 4.74 Å². The predicted octanol–water partition coefficient (Wildman–Crippen LogP) is 2.85. The Kier molecular flexibility index (Phi) is 4.23. The van der Waals surface area contributed by atoms with Crippen LogP contribution >= 0.6 is 0 Å². The quantitative estimate of drug-likeness (QED) is 0.906. The normalized spacial score (nSPS) is 17.4. The zero-order valence-corrected chi connectivity index (χ0v) is 12.1. The molecule has 1 heterocycles. The van der Waals surface area contributed by atoms with Crippen LogP contribution in [0.4, 0.5) is 0 Å². The van der Waals surface area contributed by atoms with Gasteiger partial charge >= 0.3 is 0 Å². The lowest BCUT2D eigenvalue weighted by atomic mass is 9.93. The molecule has 0 unspecified atom stereocenters. The van der Waals surface area contributed by atoms with Crippen LogP contribution in [0, 0.1) is 0 Å². The molecule has 3 nitrogen and oxygen atoms in total. The lowest BCUT2D eigenvalue weighted by Gasteiger charge is -2.32. The summed E-state index contributed by atoms with van der Waals surface area (Å²) in [7, 11) is 0. The molecule has 2 N–H and O–H groups in total. The van der Waals surface area contributed by atoms with E-state index < -0.39 is 5.60 Å². The average Bonchev–Trinajstić information content (AvgIpc) is 2.55. The highest BCUT2D eigenvalue weighted by Crippen LogP contribution is 2.30. The van der Waals surface area contributed by atoms with Gasteiger partial charge in [-0.15, -0.1) is 0 Å². The first kappa shape index (κ1) is 14.1. The monoisotopic (exact) mass is 283 g/mol. The van der Waals surface area contributed by atoms with E-state index in [0.717, 1.165) is 42.8 Å². The lowest BCUT2D eigenvalue weighted by Crippen LogP contribution is -2.46. The van der Waals surface area contributed by atoms with Gasteiger partial charge in [-0.05, 0) is 37.6 Å². The van der Waals surface area contributed by atoms with Gasteiger partial charge in [0, 0.05) is 5.56 Å². The van der Waals surface area contributed by atoms with Crippen LogP contribution in [0.2, 0.25) is 0 Å². The van der Waals surface area contributed by atoms with Crippen LogP contribution in [0.15, 0.2) is 54.6 Å². The van der Waals surface area contributed by atoms with E-state index in [9.17, 15) is 5.11 Å². The van der Waals surface area contributed by atoms with Gasteiger partial charge in [0.05, 0.1) is 0 Å². The van der Waals surface area contributed by atoms with E-state index in [1.165, 1.54) is 0 Å². The molecule has 2 aromatic carbocycles. The number of piperidine rings is 1. The lowest BCUT2D eigenvalue weighted by molar-refractivity contribution is -0.0284. The summed E-state index contributed by atoms with van der Waals surface area (Å²) in [6, 6.07) is 18.2. The summed E-state index contributed by atoms with van der Waals surface area (Å²) in [6.45, 7) is 2.04. The molecule has 0 amide bonds. The number of aliphatic hydroxyl groups is 1. The first-order chi connectivity index (χ1) is 10.3. The Hall–Kier alpha value is -1.84. The SMILES string of the molecule is OC1(COc2ccccc2-c2ccccc2)CCNCC1. The Bertz CT molecular complexity index is 577. The maximum Gasteiger partial charge on any atom is 0.127 e. The molecule has 21 heavy (non-hydrogen) atoms. The highest BCUT2D eigenvalue weighted by atomic mass is 16.5. The number of hydrogen-bond donors (Lipinski definition) is 2. The van der Waals surface area contributed by atoms with Crippen molar-refractivity contribution in [3.8, 4) is 16.9 Å². The molecule has 0 bridgehead atoms. The molecule has 3 rings (SSSR count). The fraction of sp³-hybridized carbons (Fsp3) is 0.333. The van der Waals surface area contributed by atoms with Crippen molar-refractivity contribution in [2.45, 2.75) is 18.4 Å². The van der Waals surface area contributed by atoms with Crippen LogP contribution in [-0.2, 0) is 0 Å². The van der Waals surface area contributed by atoms with Crippen molar-refractivity contribution >= 4 is 0 Å². The van der Waals surface area contributed by atoms with Crippen LogP contribution in [-0.4, -0.2) is 30.4 Å². The molecule has 2 aromatic rings. The summed E-state index contributed by atoms with van der Waals surface area (Å²) >= 11 is 0. The molecule has 0 saturated carbocycles. The van der Waals surface area contributed by atoms with Crippen molar-refractivity contribution in [2.75, 3.05) is 19.7 Å². The summed E-state index contributed by atoms with van der Waals surface area (Å²) in [5, 5.41) is 13.8. The van der Waals surface area contributed by atoms with Gasteiger partial charge in [0.25, 0.3) is 0 Å². The van der Waals surface area contributed by atoms with Gasteiger partial charge in [-0.3, -0.25) is 0 Å². The summed E-state index contributed by atoms with van der Waals surface area (Å²) in [4.78, 5) is 0. The maximum absolute atomic E-state index is 10.5. The van der Waals surface area contributed by atoms with Crippen molar-refractivity contribution in [1.29, 1.82) is 0 Å². The second kappa shape index (κ2) is 6.29. The summed E-state index contributed by atoms with van der Waals surface area (Å²) in [6.07, 6.45) is 1.47. The number of rotatable bonds is 4. The Morgan fingerprint density at radius 2 is 1.62 bits per heavy atom.